The number of rotatable bonds is 4. The number of aldehydes is 1. The molecule has 0 heterocycles. The maximum atomic E-state index is 10.8. The van der Waals surface area contributed by atoms with Crippen LogP contribution < -0.4 is 4.74 Å². The second-order valence-corrected chi connectivity index (χ2v) is 4.20. The van der Waals surface area contributed by atoms with Gasteiger partial charge in [0.1, 0.15) is 17.3 Å². The van der Waals surface area contributed by atoms with Crippen LogP contribution in [0.15, 0.2) is 42.5 Å². The lowest BCUT2D eigenvalue weighted by molar-refractivity contribution is 0.112. The number of aliphatic hydroxyl groups excluding tert-OH is 1. The lowest BCUT2D eigenvalue weighted by atomic mass is 10.1. The van der Waals surface area contributed by atoms with Crippen LogP contribution in [0.5, 0.6) is 11.5 Å². The van der Waals surface area contributed by atoms with Crippen molar-refractivity contribution in [2.24, 2.45) is 0 Å². The normalized spacial score (nSPS) is 11.2. The van der Waals surface area contributed by atoms with Gasteiger partial charge < -0.3 is 14.9 Å². The Kier molecular flexibility index (Phi) is 4.05. The van der Waals surface area contributed by atoms with Crippen LogP contribution in [0, 0.1) is 0 Å². The highest BCUT2D eigenvalue weighted by molar-refractivity contribution is 5.83. The molecule has 2 rings (SSSR count). The first-order valence-corrected chi connectivity index (χ1v) is 5.97. The van der Waals surface area contributed by atoms with Gasteiger partial charge in [-0.2, -0.15) is 0 Å². The van der Waals surface area contributed by atoms with Crippen LogP contribution in [0.25, 0.3) is 11.8 Å². The van der Waals surface area contributed by atoms with Crippen molar-refractivity contribution < 1.29 is 19.7 Å². The van der Waals surface area contributed by atoms with E-state index >= 15 is 0 Å². The van der Waals surface area contributed by atoms with E-state index in [-0.39, 0.29) is 17.1 Å². The van der Waals surface area contributed by atoms with Crippen LogP contribution in [0.4, 0.5) is 0 Å². The van der Waals surface area contributed by atoms with Crippen molar-refractivity contribution in [2.75, 3.05) is 7.11 Å². The predicted octanol–water partition coefficient (Wildman–Crippen LogP) is 3.27. The van der Waals surface area contributed by atoms with Crippen molar-refractivity contribution in [1.29, 1.82) is 0 Å². The molecule has 0 amide bonds. The quantitative estimate of drug-likeness (QED) is 0.508. The minimum absolute atomic E-state index is 0.0476. The van der Waals surface area contributed by atoms with E-state index in [4.69, 9.17) is 4.74 Å². The second-order valence-electron chi connectivity index (χ2n) is 4.20. The predicted molar refractivity (Wildman–Crippen MR) is 77.0 cm³/mol. The van der Waals surface area contributed by atoms with Crippen LogP contribution in [-0.2, 0) is 0 Å². The molecule has 0 unspecified atom stereocenters. The Morgan fingerprint density at radius 3 is 2.70 bits per heavy atom. The maximum Gasteiger partial charge on any atom is 0.153 e. The third-order valence-electron chi connectivity index (χ3n) is 2.85. The van der Waals surface area contributed by atoms with E-state index in [1.807, 2.05) is 0 Å². The molecule has 0 atom stereocenters. The van der Waals surface area contributed by atoms with Crippen LogP contribution in [-0.4, -0.2) is 23.6 Å². The molecule has 4 heteroatoms. The number of benzene rings is 2. The number of carbonyl (C=O) groups is 1. The molecule has 0 aliphatic rings. The first-order chi connectivity index (χ1) is 9.63. The summed E-state index contributed by atoms with van der Waals surface area (Å²) in [5.41, 5.74) is 1.40. The fourth-order valence-electron chi connectivity index (χ4n) is 1.78. The molecule has 0 saturated heterocycles. The van der Waals surface area contributed by atoms with Gasteiger partial charge in [-0.25, -0.2) is 0 Å². The molecule has 0 aliphatic carbocycles. The largest absolute Gasteiger partial charge is 0.507 e. The molecule has 2 aromatic rings. The Balaban J connectivity index is 2.36. The standard InChI is InChI=1S/C16H14O4/c1-20-14-4-2-3-12(9-14)16(19)8-11-5-6-15(18)13(7-11)10-17/h2-10,18-19H,1H3/b16-8+. The Morgan fingerprint density at radius 2 is 2.00 bits per heavy atom. The Hall–Kier alpha value is -2.75. The van der Waals surface area contributed by atoms with Gasteiger partial charge in [0, 0.05) is 5.56 Å². The summed E-state index contributed by atoms with van der Waals surface area (Å²) in [5.74, 6) is 0.603. The molecule has 0 aromatic heterocycles. The van der Waals surface area contributed by atoms with Crippen molar-refractivity contribution in [3.63, 3.8) is 0 Å². The van der Waals surface area contributed by atoms with Gasteiger partial charge in [-0.05, 0) is 35.9 Å². The second kappa shape index (κ2) is 5.93. The zero-order valence-corrected chi connectivity index (χ0v) is 10.9. The number of hydrogen-bond donors (Lipinski definition) is 2. The van der Waals surface area contributed by atoms with Gasteiger partial charge in [0.05, 0.1) is 12.7 Å². The first-order valence-electron chi connectivity index (χ1n) is 5.97. The molecule has 0 fully saturated rings. The molecular weight excluding hydrogens is 256 g/mol. The Morgan fingerprint density at radius 1 is 1.20 bits per heavy atom. The van der Waals surface area contributed by atoms with Crippen molar-refractivity contribution >= 4 is 18.1 Å². The topological polar surface area (TPSA) is 66.8 Å². The first kappa shape index (κ1) is 13.7. The summed E-state index contributed by atoms with van der Waals surface area (Å²) in [6, 6.07) is 11.5. The third-order valence-corrected chi connectivity index (χ3v) is 2.85. The molecule has 0 spiro atoms. The number of aliphatic hydroxyl groups is 1. The third kappa shape index (κ3) is 2.98. The Labute approximate surface area is 116 Å². The number of aromatic hydroxyl groups is 1. The maximum absolute atomic E-state index is 10.8. The molecule has 102 valence electrons. The summed E-state index contributed by atoms with van der Waals surface area (Å²) in [6.45, 7) is 0. The van der Waals surface area contributed by atoms with Gasteiger partial charge in [0.2, 0.25) is 0 Å². The number of carbonyl (C=O) groups excluding carboxylic acids is 1. The molecule has 2 N–H and O–H groups in total. The number of methoxy groups -OCH3 is 1. The highest BCUT2D eigenvalue weighted by Crippen LogP contribution is 2.22. The van der Waals surface area contributed by atoms with E-state index in [0.717, 1.165) is 0 Å². The average Bonchev–Trinajstić information content (AvgIpc) is 2.49. The summed E-state index contributed by atoms with van der Waals surface area (Å²) in [5, 5.41) is 19.5. The van der Waals surface area contributed by atoms with Crippen molar-refractivity contribution in [2.45, 2.75) is 0 Å². The highest BCUT2D eigenvalue weighted by atomic mass is 16.5. The number of hydrogen-bond acceptors (Lipinski definition) is 4. The van der Waals surface area contributed by atoms with E-state index in [2.05, 4.69) is 0 Å². The van der Waals surface area contributed by atoms with Gasteiger partial charge in [-0.15, -0.1) is 0 Å². The fourth-order valence-corrected chi connectivity index (χ4v) is 1.78. The van der Waals surface area contributed by atoms with Gasteiger partial charge in [-0.3, -0.25) is 4.79 Å². The lowest BCUT2D eigenvalue weighted by Gasteiger charge is -2.04. The minimum Gasteiger partial charge on any atom is -0.507 e. The zero-order valence-electron chi connectivity index (χ0n) is 10.9. The summed E-state index contributed by atoms with van der Waals surface area (Å²) in [6.07, 6.45) is 2.08. The summed E-state index contributed by atoms with van der Waals surface area (Å²) in [7, 11) is 1.55. The van der Waals surface area contributed by atoms with Crippen LogP contribution in [0.2, 0.25) is 0 Å². The van der Waals surface area contributed by atoms with E-state index in [1.54, 1.807) is 37.4 Å². The van der Waals surface area contributed by atoms with Crippen LogP contribution in [0.3, 0.4) is 0 Å². The summed E-state index contributed by atoms with van der Waals surface area (Å²) >= 11 is 0. The molecule has 2 aromatic carbocycles. The molecule has 0 bridgehead atoms. The number of phenolic OH excluding ortho intramolecular Hbond substituents is 1. The van der Waals surface area contributed by atoms with E-state index < -0.39 is 0 Å². The Bertz CT molecular complexity index is 659. The number of ether oxygens (including phenoxy) is 1. The van der Waals surface area contributed by atoms with E-state index in [9.17, 15) is 15.0 Å². The fraction of sp³-hybridized carbons (Fsp3) is 0.0625. The molecule has 0 radical (unpaired) electrons. The lowest BCUT2D eigenvalue weighted by Crippen LogP contribution is -1.88. The minimum atomic E-state index is -0.0852. The van der Waals surface area contributed by atoms with Crippen LogP contribution in [0.1, 0.15) is 21.5 Å². The van der Waals surface area contributed by atoms with Gasteiger partial charge in [0.25, 0.3) is 0 Å². The van der Waals surface area contributed by atoms with Gasteiger partial charge in [-0.1, -0.05) is 18.2 Å². The van der Waals surface area contributed by atoms with Gasteiger partial charge >= 0.3 is 0 Å². The number of phenols is 1. The molecule has 0 saturated carbocycles. The highest BCUT2D eigenvalue weighted by Gasteiger charge is 2.04. The summed E-state index contributed by atoms with van der Waals surface area (Å²) in [4.78, 5) is 10.8. The smallest absolute Gasteiger partial charge is 0.153 e. The molecule has 20 heavy (non-hydrogen) atoms. The summed E-state index contributed by atoms with van der Waals surface area (Å²) < 4.78 is 5.09. The van der Waals surface area contributed by atoms with Crippen LogP contribution >= 0.6 is 0 Å². The molecule has 4 nitrogen and oxygen atoms in total. The monoisotopic (exact) mass is 270 g/mol. The van der Waals surface area contributed by atoms with Crippen molar-refractivity contribution in [3.05, 3.63) is 59.2 Å². The zero-order chi connectivity index (χ0) is 14.5. The average molecular weight is 270 g/mol. The van der Waals surface area contributed by atoms with Gasteiger partial charge in [0.15, 0.2) is 6.29 Å². The van der Waals surface area contributed by atoms with E-state index in [0.29, 0.717) is 23.2 Å². The SMILES string of the molecule is COc1cccc(/C(O)=C\c2ccc(O)c(C=O)c2)c1. The van der Waals surface area contributed by atoms with Crippen molar-refractivity contribution in [3.8, 4) is 11.5 Å². The van der Waals surface area contributed by atoms with Crippen molar-refractivity contribution in [1.82, 2.24) is 0 Å². The molecular formula is C16H14O4. The van der Waals surface area contributed by atoms with E-state index in [1.165, 1.54) is 18.2 Å². The molecule has 0 aliphatic heterocycles.